The molecular weight excluding hydrogens is 225 g/mol. The summed E-state index contributed by atoms with van der Waals surface area (Å²) in [6.07, 6.45) is 0. The number of rotatable bonds is 3. The summed E-state index contributed by atoms with van der Waals surface area (Å²) in [5.74, 6) is -4.08. The van der Waals surface area contributed by atoms with Crippen LogP contribution in [0.25, 0.3) is 0 Å². The number of hydrogen-bond acceptors (Lipinski definition) is 5. The number of methoxy groups -OCH3 is 1. The van der Waals surface area contributed by atoms with E-state index in [1.165, 1.54) is 0 Å². The van der Waals surface area contributed by atoms with Crippen molar-refractivity contribution in [2.75, 3.05) is 7.11 Å². The maximum Gasteiger partial charge on any atom is 0.707 e. The van der Waals surface area contributed by atoms with Crippen molar-refractivity contribution in [2.45, 2.75) is 0 Å². The molecule has 0 aliphatic carbocycles. The highest BCUT2D eigenvalue weighted by molar-refractivity contribution is 6.33. The Morgan fingerprint density at radius 2 is 1.81 bits per heavy atom. The predicted octanol–water partition coefficient (Wildman–Crippen LogP) is 0.0997. The van der Waals surface area contributed by atoms with Crippen molar-refractivity contribution in [3.63, 3.8) is 0 Å². The number of hydrogen-bond donors (Lipinski definition) is 2. The molecule has 0 aliphatic rings. The highest BCUT2D eigenvalue weighted by Gasteiger charge is 2.21. The summed E-state index contributed by atoms with van der Waals surface area (Å²) in [6.45, 7) is 0. The quantitative estimate of drug-likeness (QED) is 0.570. The second-order valence-electron chi connectivity index (χ2n) is 2.70. The third-order valence-corrected chi connectivity index (χ3v) is 1.65. The summed E-state index contributed by atoms with van der Waals surface area (Å²) < 4.78 is 34.8. The zero-order chi connectivity index (χ0) is 12.3. The summed E-state index contributed by atoms with van der Waals surface area (Å²) in [7, 11) is -1.23. The van der Waals surface area contributed by atoms with Gasteiger partial charge in [-0.05, 0) is 0 Å². The van der Waals surface area contributed by atoms with E-state index in [9.17, 15) is 13.6 Å². The first-order valence-corrected chi connectivity index (χ1v) is 4.06. The van der Waals surface area contributed by atoms with Crippen LogP contribution in [0.4, 0.5) is 8.78 Å². The average molecular weight is 232 g/mol. The van der Waals surface area contributed by atoms with Crippen LogP contribution in [0.2, 0.25) is 0 Å². The van der Waals surface area contributed by atoms with E-state index >= 15 is 0 Å². The van der Waals surface area contributed by atoms with Crippen molar-refractivity contribution in [3.8, 4) is 5.75 Å². The van der Waals surface area contributed by atoms with Gasteiger partial charge in [-0.15, -0.1) is 0 Å². The topological polar surface area (TPSA) is 76.0 Å². The van der Waals surface area contributed by atoms with E-state index in [0.29, 0.717) is 12.1 Å². The van der Waals surface area contributed by atoms with Crippen molar-refractivity contribution in [1.82, 2.24) is 0 Å². The average Bonchev–Trinajstić information content (AvgIpc) is 2.15. The van der Waals surface area contributed by atoms with Gasteiger partial charge in [-0.3, -0.25) is 0 Å². The van der Waals surface area contributed by atoms with Crippen molar-refractivity contribution < 1.29 is 33.0 Å². The first-order chi connectivity index (χ1) is 7.45. The van der Waals surface area contributed by atoms with Crippen LogP contribution in [-0.2, 0) is 4.74 Å². The molecule has 5 nitrogen and oxygen atoms in total. The largest absolute Gasteiger partial charge is 0.707 e. The van der Waals surface area contributed by atoms with Crippen molar-refractivity contribution in [2.24, 2.45) is 0 Å². The number of carbonyl (C=O) groups excluding carboxylic acids is 1. The Balaban J connectivity index is 3.12. The SMILES string of the molecule is COC(=O)c1c(F)cc(OB(O)O)cc1F. The van der Waals surface area contributed by atoms with Crippen LogP contribution in [0.15, 0.2) is 12.1 Å². The zero-order valence-electron chi connectivity index (χ0n) is 8.11. The van der Waals surface area contributed by atoms with Crippen LogP contribution in [-0.4, -0.2) is 30.4 Å². The smallest absolute Gasteiger partial charge is 0.512 e. The van der Waals surface area contributed by atoms with E-state index < -0.39 is 36.2 Å². The molecule has 0 saturated heterocycles. The molecule has 0 fully saturated rings. The van der Waals surface area contributed by atoms with Crippen LogP contribution < -0.4 is 4.65 Å². The Labute approximate surface area is 89.4 Å². The van der Waals surface area contributed by atoms with Gasteiger partial charge in [0.15, 0.2) is 0 Å². The molecular formula is C8H7BF2O5. The molecule has 1 aromatic carbocycles. The van der Waals surface area contributed by atoms with Gasteiger partial charge >= 0.3 is 13.3 Å². The first-order valence-electron chi connectivity index (χ1n) is 4.06. The Morgan fingerprint density at radius 1 is 1.31 bits per heavy atom. The molecule has 16 heavy (non-hydrogen) atoms. The van der Waals surface area contributed by atoms with E-state index in [1.807, 2.05) is 0 Å². The van der Waals surface area contributed by atoms with Crippen LogP contribution in [0.1, 0.15) is 10.4 Å². The molecule has 0 spiro atoms. The molecule has 0 unspecified atom stereocenters. The summed E-state index contributed by atoms with van der Waals surface area (Å²) in [4.78, 5) is 10.9. The summed E-state index contributed by atoms with van der Waals surface area (Å²) >= 11 is 0. The van der Waals surface area contributed by atoms with Gasteiger partial charge < -0.3 is 19.4 Å². The van der Waals surface area contributed by atoms with Gasteiger partial charge in [0.25, 0.3) is 0 Å². The first kappa shape index (κ1) is 12.4. The zero-order valence-corrected chi connectivity index (χ0v) is 8.11. The van der Waals surface area contributed by atoms with Gasteiger partial charge in [0.1, 0.15) is 22.9 Å². The Hall–Kier alpha value is -1.67. The summed E-state index contributed by atoms with van der Waals surface area (Å²) in [5.41, 5.74) is -0.873. The summed E-state index contributed by atoms with van der Waals surface area (Å²) in [5, 5.41) is 16.8. The second kappa shape index (κ2) is 4.91. The molecule has 1 rings (SSSR count). The molecule has 0 heterocycles. The lowest BCUT2D eigenvalue weighted by Gasteiger charge is -2.07. The molecule has 0 saturated carbocycles. The minimum absolute atomic E-state index is 0.461. The minimum atomic E-state index is -2.21. The predicted molar refractivity (Wildman–Crippen MR) is 48.5 cm³/mol. The fraction of sp³-hybridized carbons (Fsp3) is 0.125. The van der Waals surface area contributed by atoms with Crippen LogP contribution in [0.5, 0.6) is 5.75 Å². The van der Waals surface area contributed by atoms with E-state index in [0.717, 1.165) is 7.11 Å². The highest BCUT2D eigenvalue weighted by atomic mass is 19.1. The van der Waals surface area contributed by atoms with E-state index in [1.54, 1.807) is 0 Å². The molecule has 0 aromatic heterocycles. The van der Waals surface area contributed by atoms with Gasteiger partial charge in [-0.1, -0.05) is 0 Å². The molecule has 1 aromatic rings. The number of halogens is 2. The monoisotopic (exact) mass is 232 g/mol. The third-order valence-electron chi connectivity index (χ3n) is 1.65. The maximum absolute atomic E-state index is 13.2. The highest BCUT2D eigenvalue weighted by Crippen LogP contribution is 2.21. The van der Waals surface area contributed by atoms with E-state index in [-0.39, 0.29) is 0 Å². The van der Waals surface area contributed by atoms with Crippen LogP contribution in [0.3, 0.4) is 0 Å². The van der Waals surface area contributed by atoms with Gasteiger partial charge in [0.05, 0.1) is 7.11 Å². The minimum Gasteiger partial charge on any atom is -0.512 e. The molecule has 0 radical (unpaired) electrons. The maximum atomic E-state index is 13.2. The Morgan fingerprint density at radius 3 is 2.19 bits per heavy atom. The number of benzene rings is 1. The molecule has 8 heteroatoms. The lowest BCUT2D eigenvalue weighted by atomic mass is 10.1. The van der Waals surface area contributed by atoms with E-state index in [2.05, 4.69) is 9.39 Å². The molecule has 0 bridgehead atoms. The number of ether oxygens (including phenoxy) is 1. The van der Waals surface area contributed by atoms with Crippen molar-refractivity contribution in [1.29, 1.82) is 0 Å². The number of carbonyl (C=O) groups is 1. The van der Waals surface area contributed by atoms with Gasteiger partial charge in [0, 0.05) is 12.1 Å². The van der Waals surface area contributed by atoms with Gasteiger partial charge in [0.2, 0.25) is 0 Å². The second-order valence-corrected chi connectivity index (χ2v) is 2.70. The lowest BCUT2D eigenvalue weighted by Crippen LogP contribution is -2.21. The normalized spacial score (nSPS) is 9.81. The third kappa shape index (κ3) is 2.68. The van der Waals surface area contributed by atoms with Gasteiger partial charge in [-0.25, -0.2) is 13.6 Å². The lowest BCUT2D eigenvalue weighted by molar-refractivity contribution is 0.0590. The number of esters is 1. The van der Waals surface area contributed by atoms with E-state index in [4.69, 9.17) is 10.0 Å². The van der Waals surface area contributed by atoms with Gasteiger partial charge in [-0.2, -0.15) is 0 Å². The molecule has 0 atom stereocenters. The molecule has 0 amide bonds. The van der Waals surface area contributed by atoms with Crippen molar-refractivity contribution in [3.05, 3.63) is 29.3 Å². The Kier molecular flexibility index (Phi) is 3.80. The van der Waals surface area contributed by atoms with Crippen LogP contribution in [0, 0.1) is 11.6 Å². The summed E-state index contributed by atoms with van der Waals surface area (Å²) in [6, 6.07) is 1.27. The Bertz CT molecular complexity index is 386. The molecule has 86 valence electrons. The fourth-order valence-corrected chi connectivity index (χ4v) is 1.04. The van der Waals surface area contributed by atoms with Crippen LogP contribution >= 0.6 is 0 Å². The standard InChI is InChI=1S/C8H7BF2O5/c1-15-8(12)7-5(10)2-4(3-6(7)11)16-9(13)14/h2-3,13-14H,1H3. The van der Waals surface area contributed by atoms with Crippen molar-refractivity contribution >= 4 is 13.3 Å². The fourth-order valence-electron chi connectivity index (χ4n) is 1.04. The molecule has 2 N–H and O–H groups in total. The molecule has 0 aliphatic heterocycles.